The topological polar surface area (TPSA) is 94.3 Å². The highest BCUT2D eigenvalue weighted by Gasteiger charge is 2.30. The summed E-state index contributed by atoms with van der Waals surface area (Å²) in [5.41, 5.74) is 1.50. The largest absolute Gasteiger partial charge is 0.573 e. The molecule has 4 rings (SSSR count). The number of amides is 1. The minimum Gasteiger partial charge on any atom is -0.406 e. The van der Waals surface area contributed by atoms with Gasteiger partial charge in [-0.2, -0.15) is 9.61 Å². The quantitative estimate of drug-likeness (QED) is 0.450. The maximum Gasteiger partial charge on any atom is 0.573 e. The molecule has 0 radical (unpaired) electrons. The van der Waals surface area contributed by atoms with E-state index in [0.29, 0.717) is 27.9 Å². The molecule has 0 spiro atoms. The zero-order valence-corrected chi connectivity index (χ0v) is 16.4. The van der Waals surface area contributed by atoms with Crippen LogP contribution < -0.4 is 10.1 Å². The molecule has 1 N–H and O–H groups in total. The lowest BCUT2D eigenvalue weighted by Gasteiger charge is -2.10. The van der Waals surface area contributed by atoms with Crippen molar-refractivity contribution in [1.82, 2.24) is 24.8 Å². The highest BCUT2D eigenvalue weighted by Crippen LogP contribution is 2.24. The Labute approximate surface area is 177 Å². The van der Waals surface area contributed by atoms with Crippen molar-refractivity contribution < 1.29 is 22.7 Å². The summed E-state index contributed by atoms with van der Waals surface area (Å²) in [6.07, 6.45) is -3.13. The van der Waals surface area contributed by atoms with E-state index < -0.39 is 6.36 Å². The van der Waals surface area contributed by atoms with Crippen LogP contribution in [0, 0.1) is 0 Å². The average Bonchev–Trinajstić information content (AvgIpc) is 3.16. The number of fused-ring (bicyclic) bond motifs is 1. The van der Waals surface area contributed by atoms with Gasteiger partial charge in [0.05, 0.1) is 5.75 Å². The Kier molecular flexibility index (Phi) is 5.71. The number of carbonyl (C=O) groups is 1. The van der Waals surface area contributed by atoms with Gasteiger partial charge < -0.3 is 10.1 Å². The van der Waals surface area contributed by atoms with Crippen LogP contribution in [0.2, 0.25) is 0 Å². The van der Waals surface area contributed by atoms with E-state index in [-0.39, 0.29) is 17.4 Å². The predicted octanol–water partition coefficient (Wildman–Crippen LogP) is 3.82. The number of ether oxygens (including phenoxy) is 1. The molecule has 31 heavy (non-hydrogen) atoms. The van der Waals surface area contributed by atoms with Gasteiger partial charge in [-0.15, -0.1) is 23.4 Å². The lowest BCUT2D eigenvalue weighted by Crippen LogP contribution is -2.17. The Hall–Kier alpha value is -3.67. The standard InChI is InChI=1S/C19H13F3N6O2S/c20-19(21,22)30-13-6-4-12(5-7-13)24-16(29)11-31-17-9-8-15-25-26-18(28(15)27-17)14-3-1-2-10-23-14/h1-10H,11H2,(H,24,29). The number of anilines is 1. The zero-order chi connectivity index (χ0) is 21.8. The number of aromatic nitrogens is 5. The highest BCUT2D eigenvalue weighted by atomic mass is 32.2. The Morgan fingerprint density at radius 3 is 2.58 bits per heavy atom. The van der Waals surface area contributed by atoms with Gasteiger partial charge in [-0.25, -0.2) is 0 Å². The van der Waals surface area contributed by atoms with Gasteiger partial charge >= 0.3 is 6.36 Å². The summed E-state index contributed by atoms with van der Waals surface area (Å²) in [5.74, 6) is -0.191. The van der Waals surface area contributed by atoms with Crippen molar-refractivity contribution >= 4 is 29.0 Å². The van der Waals surface area contributed by atoms with E-state index in [1.807, 2.05) is 6.07 Å². The minimum absolute atomic E-state index is 0.0420. The van der Waals surface area contributed by atoms with Crippen LogP contribution in [-0.4, -0.2) is 42.8 Å². The third-order valence-corrected chi connectivity index (χ3v) is 4.78. The summed E-state index contributed by atoms with van der Waals surface area (Å²) in [6.45, 7) is 0. The van der Waals surface area contributed by atoms with Gasteiger partial charge in [-0.05, 0) is 48.5 Å². The third kappa shape index (κ3) is 5.28. The molecular weight excluding hydrogens is 433 g/mol. The van der Waals surface area contributed by atoms with Crippen LogP contribution in [0.25, 0.3) is 17.2 Å². The lowest BCUT2D eigenvalue weighted by atomic mass is 10.3. The Morgan fingerprint density at radius 2 is 1.87 bits per heavy atom. The number of hydrogen-bond donors (Lipinski definition) is 1. The molecule has 0 saturated carbocycles. The molecule has 8 nitrogen and oxygen atoms in total. The molecule has 0 aliphatic heterocycles. The van der Waals surface area contributed by atoms with E-state index in [2.05, 4.69) is 30.3 Å². The van der Waals surface area contributed by atoms with Gasteiger partial charge in [0.25, 0.3) is 0 Å². The fraction of sp³-hybridized carbons (Fsp3) is 0.105. The second-order valence-corrected chi connectivity index (χ2v) is 7.08. The average molecular weight is 446 g/mol. The van der Waals surface area contributed by atoms with Crippen LogP contribution >= 0.6 is 11.8 Å². The molecule has 1 amide bonds. The van der Waals surface area contributed by atoms with Crippen molar-refractivity contribution in [1.29, 1.82) is 0 Å². The summed E-state index contributed by atoms with van der Waals surface area (Å²) >= 11 is 1.19. The number of hydrogen-bond acceptors (Lipinski definition) is 7. The second kappa shape index (κ2) is 8.60. The summed E-state index contributed by atoms with van der Waals surface area (Å²) < 4.78 is 41.9. The minimum atomic E-state index is -4.77. The summed E-state index contributed by atoms with van der Waals surface area (Å²) in [5, 5.41) is 15.8. The maximum absolute atomic E-state index is 12.2. The molecule has 3 heterocycles. The number of nitrogens with one attached hydrogen (secondary N) is 1. The molecule has 0 bridgehead atoms. The van der Waals surface area contributed by atoms with Crippen LogP contribution in [0.4, 0.5) is 18.9 Å². The molecule has 0 aliphatic rings. The van der Waals surface area contributed by atoms with E-state index in [1.54, 1.807) is 35.0 Å². The van der Waals surface area contributed by atoms with Crippen molar-refractivity contribution in [2.45, 2.75) is 11.4 Å². The van der Waals surface area contributed by atoms with Gasteiger partial charge in [0.2, 0.25) is 11.7 Å². The van der Waals surface area contributed by atoms with E-state index in [0.717, 1.165) is 12.1 Å². The van der Waals surface area contributed by atoms with Crippen LogP contribution in [0.5, 0.6) is 5.75 Å². The normalized spacial score (nSPS) is 11.5. The number of rotatable bonds is 6. The smallest absolute Gasteiger partial charge is 0.406 e. The Bertz CT molecular complexity index is 1200. The molecule has 3 aromatic heterocycles. The molecule has 4 aromatic rings. The molecule has 0 atom stereocenters. The van der Waals surface area contributed by atoms with Crippen LogP contribution in [-0.2, 0) is 4.79 Å². The monoisotopic (exact) mass is 446 g/mol. The molecule has 158 valence electrons. The van der Waals surface area contributed by atoms with Gasteiger partial charge in [0, 0.05) is 11.9 Å². The first-order valence-corrected chi connectivity index (χ1v) is 9.78. The summed E-state index contributed by atoms with van der Waals surface area (Å²) in [4.78, 5) is 16.4. The van der Waals surface area contributed by atoms with Crippen LogP contribution in [0.15, 0.2) is 65.8 Å². The van der Waals surface area contributed by atoms with E-state index >= 15 is 0 Å². The van der Waals surface area contributed by atoms with Gasteiger partial charge in [-0.3, -0.25) is 9.78 Å². The molecule has 1 aromatic carbocycles. The number of thioether (sulfide) groups is 1. The SMILES string of the molecule is O=C(CSc1ccc2nnc(-c3ccccn3)n2n1)Nc1ccc(OC(F)(F)F)cc1. The number of benzene rings is 1. The van der Waals surface area contributed by atoms with Crippen LogP contribution in [0.1, 0.15) is 0 Å². The molecule has 0 unspecified atom stereocenters. The fourth-order valence-corrected chi connectivity index (χ4v) is 3.24. The Morgan fingerprint density at radius 1 is 1.06 bits per heavy atom. The number of pyridine rings is 1. The molecular formula is C19H13F3N6O2S. The van der Waals surface area contributed by atoms with Crippen molar-refractivity contribution in [3.8, 4) is 17.3 Å². The summed E-state index contributed by atoms with van der Waals surface area (Å²) in [7, 11) is 0. The van der Waals surface area contributed by atoms with E-state index in [1.165, 1.54) is 23.9 Å². The lowest BCUT2D eigenvalue weighted by molar-refractivity contribution is -0.274. The van der Waals surface area contributed by atoms with Crippen molar-refractivity contribution in [3.05, 3.63) is 60.8 Å². The molecule has 0 aliphatic carbocycles. The maximum atomic E-state index is 12.2. The van der Waals surface area contributed by atoms with Gasteiger partial charge in [0.1, 0.15) is 16.5 Å². The van der Waals surface area contributed by atoms with Crippen molar-refractivity contribution in [3.63, 3.8) is 0 Å². The van der Waals surface area contributed by atoms with Gasteiger partial charge in [0.15, 0.2) is 5.65 Å². The third-order valence-electron chi connectivity index (χ3n) is 3.86. The Balaban J connectivity index is 1.39. The first kappa shape index (κ1) is 20.6. The van der Waals surface area contributed by atoms with E-state index in [9.17, 15) is 18.0 Å². The van der Waals surface area contributed by atoms with Crippen molar-refractivity contribution in [2.75, 3.05) is 11.1 Å². The number of carbonyl (C=O) groups excluding carboxylic acids is 1. The molecule has 0 saturated heterocycles. The number of halogens is 3. The molecule has 0 fully saturated rings. The number of alkyl halides is 3. The van der Waals surface area contributed by atoms with Crippen LogP contribution in [0.3, 0.4) is 0 Å². The first-order valence-electron chi connectivity index (χ1n) is 8.80. The highest BCUT2D eigenvalue weighted by molar-refractivity contribution is 7.99. The van der Waals surface area contributed by atoms with Gasteiger partial charge in [-0.1, -0.05) is 17.8 Å². The first-order chi connectivity index (χ1) is 14.9. The zero-order valence-electron chi connectivity index (χ0n) is 15.6. The fourth-order valence-electron chi connectivity index (χ4n) is 2.58. The number of nitrogens with zero attached hydrogens (tertiary/aromatic N) is 5. The van der Waals surface area contributed by atoms with E-state index in [4.69, 9.17) is 0 Å². The molecule has 12 heteroatoms. The van der Waals surface area contributed by atoms with Crippen molar-refractivity contribution in [2.24, 2.45) is 0 Å². The second-order valence-electron chi connectivity index (χ2n) is 6.09. The predicted molar refractivity (Wildman–Crippen MR) is 106 cm³/mol. The summed E-state index contributed by atoms with van der Waals surface area (Å²) in [6, 6.07) is 13.7.